The molecule has 4 heteroatoms. The van der Waals surface area contributed by atoms with E-state index in [1.54, 1.807) is 0 Å². The summed E-state index contributed by atoms with van der Waals surface area (Å²) in [6, 6.07) is 0.0792. The molecule has 0 bridgehead atoms. The van der Waals surface area contributed by atoms with Crippen molar-refractivity contribution in [2.45, 2.75) is 71.0 Å². The van der Waals surface area contributed by atoms with E-state index in [4.69, 9.17) is 5.73 Å². The molecule has 1 aliphatic carbocycles. The Morgan fingerprint density at radius 2 is 1.95 bits per heavy atom. The molecule has 4 nitrogen and oxygen atoms in total. The molecule has 1 aromatic heterocycles. The predicted molar refractivity (Wildman–Crippen MR) is 83.6 cm³/mol. The summed E-state index contributed by atoms with van der Waals surface area (Å²) < 4.78 is 2.03. The molecule has 0 aliphatic heterocycles. The highest BCUT2D eigenvalue weighted by Gasteiger charge is 2.44. The van der Waals surface area contributed by atoms with E-state index in [9.17, 15) is 0 Å². The van der Waals surface area contributed by atoms with E-state index in [1.165, 1.54) is 31.2 Å². The highest BCUT2D eigenvalue weighted by Crippen LogP contribution is 2.43. The zero-order valence-electron chi connectivity index (χ0n) is 13.3. The van der Waals surface area contributed by atoms with Crippen molar-refractivity contribution in [2.75, 3.05) is 13.1 Å². The normalized spacial score (nSPS) is 19.6. The van der Waals surface area contributed by atoms with E-state index in [1.807, 2.05) is 10.9 Å². The van der Waals surface area contributed by atoms with Crippen LogP contribution < -0.4 is 5.73 Å². The minimum absolute atomic E-state index is 0.0792. The van der Waals surface area contributed by atoms with Gasteiger partial charge < -0.3 is 5.73 Å². The Bertz CT molecular complexity index is 402. The van der Waals surface area contributed by atoms with Crippen LogP contribution in [0.5, 0.6) is 0 Å². The van der Waals surface area contributed by atoms with Gasteiger partial charge in [-0.15, -0.1) is 0 Å². The maximum atomic E-state index is 6.70. The fraction of sp³-hybridized carbons (Fsp3) is 0.812. The Labute approximate surface area is 123 Å². The Morgan fingerprint density at radius 1 is 1.30 bits per heavy atom. The van der Waals surface area contributed by atoms with Gasteiger partial charge in [-0.3, -0.25) is 9.58 Å². The van der Waals surface area contributed by atoms with Crippen molar-refractivity contribution in [1.29, 1.82) is 0 Å². The van der Waals surface area contributed by atoms with Gasteiger partial charge in [-0.1, -0.05) is 33.6 Å². The molecule has 2 N–H and O–H groups in total. The minimum Gasteiger partial charge on any atom is -0.322 e. The fourth-order valence-corrected chi connectivity index (χ4v) is 3.87. The number of hydrogen-bond acceptors (Lipinski definition) is 3. The van der Waals surface area contributed by atoms with E-state index in [0.29, 0.717) is 0 Å². The van der Waals surface area contributed by atoms with Crippen LogP contribution in [-0.4, -0.2) is 33.3 Å². The second kappa shape index (κ2) is 6.72. The molecule has 1 saturated carbocycles. The maximum Gasteiger partial charge on any atom is 0.0538 e. The van der Waals surface area contributed by atoms with Gasteiger partial charge in [0, 0.05) is 23.8 Å². The number of rotatable bonds is 7. The van der Waals surface area contributed by atoms with Crippen LogP contribution in [0.1, 0.15) is 64.5 Å². The number of hydrogen-bond donors (Lipinski definition) is 1. The molecule has 0 saturated heterocycles. The molecule has 20 heavy (non-hydrogen) atoms. The Kier molecular flexibility index (Phi) is 5.22. The Hall–Kier alpha value is -0.870. The predicted octanol–water partition coefficient (Wildman–Crippen LogP) is 2.95. The lowest BCUT2D eigenvalue weighted by atomic mass is 9.83. The van der Waals surface area contributed by atoms with Crippen LogP contribution in [0.4, 0.5) is 0 Å². The van der Waals surface area contributed by atoms with Gasteiger partial charge in [0.05, 0.1) is 12.2 Å². The van der Waals surface area contributed by atoms with Crippen molar-refractivity contribution in [3.8, 4) is 0 Å². The van der Waals surface area contributed by atoms with Gasteiger partial charge in [0.25, 0.3) is 0 Å². The monoisotopic (exact) mass is 278 g/mol. The van der Waals surface area contributed by atoms with Crippen LogP contribution in [-0.2, 0) is 6.54 Å². The zero-order valence-corrected chi connectivity index (χ0v) is 13.3. The average Bonchev–Trinajstić information content (AvgIpc) is 3.10. The van der Waals surface area contributed by atoms with Crippen molar-refractivity contribution >= 4 is 0 Å². The lowest BCUT2D eigenvalue weighted by molar-refractivity contribution is 0.0770. The lowest BCUT2D eigenvalue weighted by Crippen LogP contribution is -2.53. The first-order chi connectivity index (χ1) is 9.67. The summed E-state index contributed by atoms with van der Waals surface area (Å²) in [6.07, 6.45) is 10.3. The summed E-state index contributed by atoms with van der Waals surface area (Å²) in [7, 11) is 0. The van der Waals surface area contributed by atoms with Crippen molar-refractivity contribution in [3.05, 3.63) is 18.0 Å². The van der Waals surface area contributed by atoms with Gasteiger partial charge in [0.2, 0.25) is 0 Å². The summed E-state index contributed by atoms with van der Waals surface area (Å²) in [4.78, 5) is 2.57. The smallest absolute Gasteiger partial charge is 0.0538 e. The van der Waals surface area contributed by atoms with Crippen LogP contribution in [0, 0.1) is 0 Å². The van der Waals surface area contributed by atoms with Crippen LogP contribution >= 0.6 is 0 Å². The minimum atomic E-state index is 0.0792. The van der Waals surface area contributed by atoms with Crippen LogP contribution in [0.3, 0.4) is 0 Å². The van der Waals surface area contributed by atoms with E-state index >= 15 is 0 Å². The highest BCUT2D eigenvalue weighted by atomic mass is 15.3. The van der Waals surface area contributed by atoms with Crippen molar-refractivity contribution < 1.29 is 0 Å². The zero-order chi connectivity index (χ0) is 14.6. The molecule has 2 rings (SSSR count). The second-order valence-corrected chi connectivity index (χ2v) is 6.00. The highest BCUT2D eigenvalue weighted by molar-refractivity contribution is 5.18. The molecule has 1 fully saturated rings. The number of nitrogens with zero attached hydrogens (tertiary/aromatic N) is 3. The summed E-state index contributed by atoms with van der Waals surface area (Å²) in [5.74, 6) is 0. The lowest BCUT2D eigenvalue weighted by Gasteiger charge is -2.44. The molecule has 1 unspecified atom stereocenters. The molecule has 0 spiro atoms. The van der Waals surface area contributed by atoms with Crippen LogP contribution in [0.15, 0.2) is 12.4 Å². The number of likely N-dealkylation sites (N-methyl/N-ethyl adjacent to an activating group) is 1. The van der Waals surface area contributed by atoms with Crippen molar-refractivity contribution in [2.24, 2.45) is 5.73 Å². The number of nitrogens with two attached hydrogens (primary N) is 1. The quantitative estimate of drug-likeness (QED) is 0.834. The van der Waals surface area contributed by atoms with Gasteiger partial charge in [0.15, 0.2) is 0 Å². The summed E-state index contributed by atoms with van der Waals surface area (Å²) in [6.45, 7) is 9.80. The van der Waals surface area contributed by atoms with Gasteiger partial charge in [0.1, 0.15) is 0 Å². The van der Waals surface area contributed by atoms with Gasteiger partial charge in [-0.05, 0) is 32.4 Å². The topological polar surface area (TPSA) is 47.1 Å². The summed E-state index contributed by atoms with van der Waals surface area (Å²) in [5, 5.41) is 4.46. The largest absolute Gasteiger partial charge is 0.322 e. The Balaban J connectivity index is 2.23. The summed E-state index contributed by atoms with van der Waals surface area (Å²) >= 11 is 0. The van der Waals surface area contributed by atoms with E-state index < -0.39 is 0 Å². The third-order valence-corrected chi connectivity index (χ3v) is 4.91. The molecule has 0 amide bonds. The number of aryl methyl sites for hydroxylation is 1. The standard InChI is InChI=1S/C16H30N4/c1-4-11-20-13-14(12-18-20)15(17)16(9-7-8-10-16)19(5-2)6-3/h12-13,15H,4-11,17H2,1-3H3. The van der Waals surface area contributed by atoms with Gasteiger partial charge >= 0.3 is 0 Å². The molecular weight excluding hydrogens is 248 g/mol. The first kappa shape index (κ1) is 15.5. The van der Waals surface area contributed by atoms with E-state index in [-0.39, 0.29) is 11.6 Å². The van der Waals surface area contributed by atoms with Crippen LogP contribution in [0.2, 0.25) is 0 Å². The van der Waals surface area contributed by atoms with Gasteiger partial charge in [-0.2, -0.15) is 5.10 Å². The van der Waals surface area contributed by atoms with Crippen molar-refractivity contribution in [3.63, 3.8) is 0 Å². The average molecular weight is 278 g/mol. The second-order valence-electron chi connectivity index (χ2n) is 6.00. The molecule has 114 valence electrons. The van der Waals surface area contributed by atoms with Crippen LogP contribution in [0.25, 0.3) is 0 Å². The summed E-state index contributed by atoms with van der Waals surface area (Å²) in [5.41, 5.74) is 8.05. The Morgan fingerprint density at radius 3 is 2.50 bits per heavy atom. The molecule has 1 aliphatic rings. The molecular formula is C16H30N4. The molecule has 1 heterocycles. The first-order valence-corrected chi connectivity index (χ1v) is 8.21. The van der Waals surface area contributed by atoms with Gasteiger partial charge in [-0.25, -0.2) is 0 Å². The van der Waals surface area contributed by atoms with Crippen molar-refractivity contribution in [1.82, 2.24) is 14.7 Å². The fourth-order valence-electron chi connectivity index (χ4n) is 3.87. The molecule has 0 aromatic carbocycles. The first-order valence-electron chi connectivity index (χ1n) is 8.21. The number of aromatic nitrogens is 2. The maximum absolute atomic E-state index is 6.70. The SMILES string of the molecule is CCCn1cc(C(N)C2(N(CC)CC)CCCC2)cn1. The third kappa shape index (κ3) is 2.77. The van der Waals surface area contributed by atoms with E-state index in [0.717, 1.165) is 26.1 Å². The molecule has 0 radical (unpaired) electrons. The van der Waals surface area contributed by atoms with E-state index in [2.05, 4.69) is 37.0 Å². The molecule has 1 atom stereocenters. The molecule has 1 aromatic rings. The third-order valence-electron chi connectivity index (χ3n) is 4.91.